The van der Waals surface area contributed by atoms with Gasteiger partial charge in [-0.3, -0.25) is 9.78 Å². The van der Waals surface area contributed by atoms with Crippen LogP contribution < -0.4 is 15.6 Å². The number of aromatic nitrogens is 3. The zero-order valence-electron chi connectivity index (χ0n) is 10.3. The molecule has 18 heavy (non-hydrogen) atoms. The van der Waals surface area contributed by atoms with E-state index in [1.54, 1.807) is 6.20 Å². The standard InChI is InChI=1S/C12H14N4O2/c1-13-9-5-6-14-10(7-9)8-16-12(17)4-3-11(15-16)18-2/h3-7H,8H2,1-2H3,(H,13,14). The number of nitrogens with zero attached hydrogens (tertiary/aromatic N) is 3. The summed E-state index contributed by atoms with van der Waals surface area (Å²) in [5, 5.41) is 7.08. The molecule has 0 amide bonds. The Hall–Kier alpha value is -2.37. The van der Waals surface area contributed by atoms with Crippen molar-refractivity contribution in [3.05, 3.63) is 46.5 Å². The molecule has 2 rings (SSSR count). The lowest BCUT2D eigenvalue weighted by atomic mass is 10.3. The van der Waals surface area contributed by atoms with Gasteiger partial charge in [0.1, 0.15) is 0 Å². The van der Waals surface area contributed by atoms with Crippen LogP contribution in [0.4, 0.5) is 5.69 Å². The Kier molecular flexibility index (Phi) is 3.57. The van der Waals surface area contributed by atoms with Gasteiger partial charge in [-0.2, -0.15) is 0 Å². The van der Waals surface area contributed by atoms with Crippen molar-refractivity contribution in [1.82, 2.24) is 14.8 Å². The molecule has 2 aromatic heterocycles. The van der Waals surface area contributed by atoms with Gasteiger partial charge >= 0.3 is 0 Å². The molecule has 6 nitrogen and oxygen atoms in total. The number of hydrogen-bond donors (Lipinski definition) is 1. The maximum absolute atomic E-state index is 11.6. The van der Waals surface area contributed by atoms with Crippen LogP contribution in [0.1, 0.15) is 5.69 Å². The van der Waals surface area contributed by atoms with Crippen molar-refractivity contribution in [1.29, 1.82) is 0 Å². The van der Waals surface area contributed by atoms with Crippen molar-refractivity contribution < 1.29 is 4.74 Å². The molecule has 0 aliphatic heterocycles. The maximum atomic E-state index is 11.6. The molecule has 0 fully saturated rings. The minimum atomic E-state index is -0.188. The molecule has 0 radical (unpaired) electrons. The third-order valence-electron chi connectivity index (χ3n) is 2.47. The highest BCUT2D eigenvalue weighted by Crippen LogP contribution is 2.08. The number of hydrogen-bond acceptors (Lipinski definition) is 5. The first-order valence-corrected chi connectivity index (χ1v) is 5.48. The number of methoxy groups -OCH3 is 1. The summed E-state index contributed by atoms with van der Waals surface area (Å²) in [7, 11) is 3.34. The van der Waals surface area contributed by atoms with Crippen LogP contribution >= 0.6 is 0 Å². The topological polar surface area (TPSA) is 69.0 Å². The van der Waals surface area contributed by atoms with Crippen LogP contribution in [0.25, 0.3) is 0 Å². The van der Waals surface area contributed by atoms with Crippen LogP contribution in [-0.2, 0) is 6.54 Å². The number of rotatable bonds is 4. The SMILES string of the molecule is CNc1ccnc(Cn2nc(OC)ccc2=O)c1. The Balaban J connectivity index is 2.30. The average molecular weight is 246 g/mol. The Morgan fingerprint density at radius 3 is 2.94 bits per heavy atom. The number of pyridine rings is 1. The van der Waals surface area contributed by atoms with E-state index in [2.05, 4.69) is 15.4 Å². The summed E-state index contributed by atoms with van der Waals surface area (Å²) in [5.74, 6) is 0.402. The van der Waals surface area contributed by atoms with E-state index in [1.807, 2.05) is 19.2 Å². The molecule has 1 N–H and O–H groups in total. The third-order valence-corrected chi connectivity index (χ3v) is 2.47. The van der Waals surface area contributed by atoms with Gasteiger partial charge in [-0.05, 0) is 12.1 Å². The number of anilines is 1. The molecule has 0 atom stereocenters. The molecule has 0 aliphatic rings. The van der Waals surface area contributed by atoms with Gasteiger partial charge in [-0.1, -0.05) is 0 Å². The van der Waals surface area contributed by atoms with Gasteiger partial charge in [0.2, 0.25) is 5.88 Å². The molecule has 0 spiro atoms. The molecule has 0 aliphatic carbocycles. The predicted octanol–water partition coefficient (Wildman–Crippen LogP) is 0.737. The van der Waals surface area contributed by atoms with Crippen molar-refractivity contribution in [2.24, 2.45) is 0 Å². The molecule has 0 saturated heterocycles. The number of ether oxygens (including phenoxy) is 1. The predicted molar refractivity (Wildman–Crippen MR) is 67.9 cm³/mol. The van der Waals surface area contributed by atoms with Gasteiger partial charge in [0.05, 0.1) is 19.3 Å². The minimum Gasteiger partial charge on any atom is -0.480 e. The molecule has 0 unspecified atom stereocenters. The largest absolute Gasteiger partial charge is 0.480 e. The summed E-state index contributed by atoms with van der Waals surface area (Å²) in [4.78, 5) is 15.8. The van der Waals surface area contributed by atoms with E-state index in [0.29, 0.717) is 12.4 Å². The second-order valence-electron chi connectivity index (χ2n) is 3.66. The van der Waals surface area contributed by atoms with Gasteiger partial charge < -0.3 is 10.1 Å². The molecule has 0 saturated carbocycles. The van der Waals surface area contributed by atoms with Crippen LogP contribution in [0.2, 0.25) is 0 Å². The lowest BCUT2D eigenvalue weighted by molar-refractivity contribution is 0.378. The highest BCUT2D eigenvalue weighted by molar-refractivity contribution is 5.42. The Morgan fingerprint density at radius 2 is 2.22 bits per heavy atom. The van der Waals surface area contributed by atoms with E-state index in [9.17, 15) is 4.79 Å². The van der Waals surface area contributed by atoms with Gasteiger partial charge in [-0.25, -0.2) is 4.68 Å². The zero-order chi connectivity index (χ0) is 13.0. The molecule has 6 heteroatoms. The Morgan fingerprint density at radius 1 is 1.39 bits per heavy atom. The first-order valence-electron chi connectivity index (χ1n) is 5.48. The third kappa shape index (κ3) is 2.65. The van der Waals surface area contributed by atoms with Crippen molar-refractivity contribution in [3.63, 3.8) is 0 Å². The molecular formula is C12H14N4O2. The first kappa shape index (κ1) is 12.1. The highest BCUT2D eigenvalue weighted by atomic mass is 16.5. The van der Waals surface area contributed by atoms with Gasteiger partial charge in [0, 0.05) is 31.1 Å². The molecule has 2 heterocycles. The smallest absolute Gasteiger partial charge is 0.267 e. The van der Waals surface area contributed by atoms with E-state index < -0.39 is 0 Å². The van der Waals surface area contributed by atoms with E-state index in [0.717, 1.165) is 11.4 Å². The monoisotopic (exact) mass is 246 g/mol. The van der Waals surface area contributed by atoms with E-state index >= 15 is 0 Å². The average Bonchev–Trinajstić information content (AvgIpc) is 2.41. The lowest BCUT2D eigenvalue weighted by Crippen LogP contribution is -2.23. The normalized spacial score (nSPS) is 10.1. The number of nitrogens with one attached hydrogen (secondary N) is 1. The van der Waals surface area contributed by atoms with Crippen molar-refractivity contribution in [2.75, 3.05) is 19.5 Å². The second-order valence-corrected chi connectivity index (χ2v) is 3.66. The molecule has 94 valence electrons. The van der Waals surface area contributed by atoms with Crippen LogP contribution in [0.5, 0.6) is 5.88 Å². The molecule has 2 aromatic rings. The van der Waals surface area contributed by atoms with Crippen LogP contribution in [0.15, 0.2) is 35.3 Å². The minimum absolute atomic E-state index is 0.188. The zero-order valence-corrected chi connectivity index (χ0v) is 10.3. The molecule has 0 aromatic carbocycles. The summed E-state index contributed by atoms with van der Waals surface area (Å²) >= 11 is 0. The van der Waals surface area contributed by atoms with E-state index in [-0.39, 0.29) is 5.56 Å². The Labute approximate surface area is 104 Å². The lowest BCUT2D eigenvalue weighted by Gasteiger charge is -2.07. The van der Waals surface area contributed by atoms with Crippen molar-refractivity contribution in [2.45, 2.75) is 6.54 Å². The maximum Gasteiger partial charge on any atom is 0.267 e. The van der Waals surface area contributed by atoms with Crippen LogP contribution in [0, 0.1) is 0 Å². The second kappa shape index (κ2) is 5.31. The molecular weight excluding hydrogens is 232 g/mol. The van der Waals surface area contributed by atoms with E-state index in [4.69, 9.17) is 4.74 Å². The fourth-order valence-corrected chi connectivity index (χ4v) is 1.53. The summed E-state index contributed by atoms with van der Waals surface area (Å²) < 4.78 is 6.31. The van der Waals surface area contributed by atoms with E-state index in [1.165, 1.54) is 23.9 Å². The summed E-state index contributed by atoms with van der Waals surface area (Å²) in [6.07, 6.45) is 1.69. The first-order chi connectivity index (χ1) is 8.72. The summed E-state index contributed by atoms with van der Waals surface area (Å²) in [6.45, 7) is 0.311. The fraction of sp³-hybridized carbons (Fsp3) is 0.250. The summed E-state index contributed by atoms with van der Waals surface area (Å²) in [6, 6.07) is 6.68. The highest BCUT2D eigenvalue weighted by Gasteiger charge is 2.03. The fourth-order valence-electron chi connectivity index (χ4n) is 1.53. The summed E-state index contributed by atoms with van der Waals surface area (Å²) in [5.41, 5.74) is 1.51. The quantitative estimate of drug-likeness (QED) is 0.861. The van der Waals surface area contributed by atoms with Gasteiger partial charge in [0.25, 0.3) is 5.56 Å². The molecule has 0 bridgehead atoms. The van der Waals surface area contributed by atoms with Crippen LogP contribution in [-0.4, -0.2) is 28.9 Å². The van der Waals surface area contributed by atoms with Crippen LogP contribution in [0.3, 0.4) is 0 Å². The van der Waals surface area contributed by atoms with Gasteiger partial charge in [0.15, 0.2) is 0 Å². The van der Waals surface area contributed by atoms with Gasteiger partial charge in [-0.15, -0.1) is 5.10 Å². The van der Waals surface area contributed by atoms with Crippen molar-refractivity contribution in [3.8, 4) is 5.88 Å². The van der Waals surface area contributed by atoms with Crippen molar-refractivity contribution >= 4 is 5.69 Å². The Bertz CT molecular complexity index is 595.